The van der Waals surface area contributed by atoms with E-state index in [1.807, 2.05) is 41.1 Å². The molecule has 4 heteroatoms. The number of hydrogen-bond acceptors (Lipinski definition) is 2. The van der Waals surface area contributed by atoms with E-state index in [1.54, 1.807) is 12.3 Å². The molecule has 2 aromatic carbocycles. The second-order valence-corrected chi connectivity index (χ2v) is 4.91. The first-order chi connectivity index (χ1) is 10.3. The van der Waals surface area contributed by atoms with Crippen molar-refractivity contribution >= 4 is 5.71 Å². The zero-order chi connectivity index (χ0) is 14.2. The molecule has 3 aromatic rings. The highest BCUT2D eigenvalue weighted by atomic mass is 19.1. The molecule has 1 aliphatic rings. The summed E-state index contributed by atoms with van der Waals surface area (Å²) in [6.45, 7) is 0.480. The van der Waals surface area contributed by atoms with Crippen LogP contribution in [0.1, 0.15) is 17.0 Å². The molecule has 0 atom stereocenters. The Morgan fingerprint density at radius 3 is 2.76 bits per heavy atom. The quantitative estimate of drug-likeness (QED) is 0.670. The van der Waals surface area contributed by atoms with Crippen molar-refractivity contribution in [2.75, 3.05) is 0 Å². The lowest BCUT2D eigenvalue weighted by Gasteiger charge is -2.11. The van der Waals surface area contributed by atoms with Gasteiger partial charge in [-0.25, -0.2) is 9.37 Å². The fourth-order valence-electron chi connectivity index (χ4n) is 2.66. The highest BCUT2D eigenvalue weighted by Gasteiger charge is 2.19. The van der Waals surface area contributed by atoms with Crippen molar-refractivity contribution in [2.45, 2.75) is 6.54 Å². The maximum atomic E-state index is 13.7. The molecule has 0 N–H and O–H groups in total. The van der Waals surface area contributed by atoms with Crippen LogP contribution in [-0.4, -0.2) is 15.3 Å². The second-order valence-electron chi connectivity index (χ2n) is 4.91. The van der Waals surface area contributed by atoms with Gasteiger partial charge >= 0.3 is 0 Å². The number of halogens is 1. The van der Waals surface area contributed by atoms with Crippen LogP contribution in [0.2, 0.25) is 0 Å². The molecule has 0 spiro atoms. The van der Waals surface area contributed by atoms with Gasteiger partial charge in [0.25, 0.3) is 0 Å². The first-order valence-electron chi connectivity index (χ1n) is 6.75. The topological polar surface area (TPSA) is 30.2 Å². The van der Waals surface area contributed by atoms with Crippen LogP contribution < -0.4 is 0 Å². The predicted octanol–water partition coefficient (Wildman–Crippen LogP) is 3.36. The summed E-state index contributed by atoms with van der Waals surface area (Å²) in [5.41, 5.74) is 3.48. The molecule has 3 nitrogen and oxygen atoms in total. The van der Waals surface area contributed by atoms with Crippen LogP contribution in [0.5, 0.6) is 0 Å². The van der Waals surface area contributed by atoms with Gasteiger partial charge in [0.05, 0.1) is 17.9 Å². The largest absolute Gasteiger partial charge is 0.302 e. The molecule has 0 fully saturated rings. The van der Waals surface area contributed by atoms with Gasteiger partial charge in [-0.2, -0.15) is 0 Å². The van der Waals surface area contributed by atoms with E-state index in [-0.39, 0.29) is 5.82 Å². The van der Waals surface area contributed by atoms with Crippen LogP contribution in [0, 0.1) is 5.82 Å². The standard InChI is InChI=1S/C17H12FN3/c18-13-6-7-15-14(10-13)17(12-4-2-1-3-5-12)20-11-16-19-8-9-21(15)16/h1-10H,11H2. The lowest BCUT2D eigenvalue weighted by atomic mass is 10.0. The molecule has 0 saturated carbocycles. The van der Waals surface area contributed by atoms with Crippen molar-refractivity contribution < 1.29 is 4.39 Å². The molecule has 21 heavy (non-hydrogen) atoms. The summed E-state index contributed by atoms with van der Waals surface area (Å²) in [4.78, 5) is 8.98. The molecule has 0 unspecified atom stereocenters. The van der Waals surface area contributed by atoms with E-state index >= 15 is 0 Å². The molecular formula is C17H12FN3. The third-order valence-corrected chi connectivity index (χ3v) is 3.62. The van der Waals surface area contributed by atoms with Gasteiger partial charge in [0.1, 0.15) is 11.6 Å². The van der Waals surface area contributed by atoms with Crippen LogP contribution in [0.4, 0.5) is 4.39 Å². The number of aliphatic imine (C=N–C) groups is 1. The van der Waals surface area contributed by atoms with Crippen LogP contribution in [0.25, 0.3) is 5.69 Å². The Labute approximate surface area is 121 Å². The van der Waals surface area contributed by atoms with Gasteiger partial charge in [0, 0.05) is 23.5 Å². The Kier molecular flexibility index (Phi) is 2.67. The van der Waals surface area contributed by atoms with E-state index in [0.29, 0.717) is 6.54 Å². The predicted molar refractivity (Wildman–Crippen MR) is 79.3 cm³/mol. The van der Waals surface area contributed by atoms with E-state index in [9.17, 15) is 4.39 Å². The summed E-state index contributed by atoms with van der Waals surface area (Å²) < 4.78 is 15.7. The minimum Gasteiger partial charge on any atom is -0.302 e. The minimum atomic E-state index is -0.263. The Morgan fingerprint density at radius 1 is 1.05 bits per heavy atom. The Balaban J connectivity index is 2.00. The molecule has 102 valence electrons. The minimum absolute atomic E-state index is 0.263. The third-order valence-electron chi connectivity index (χ3n) is 3.62. The summed E-state index contributed by atoms with van der Waals surface area (Å²) in [6, 6.07) is 14.6. The number of aromatic nitrogens is 2. The normalized spacial score (nSPS) is 13.1. The SMILES string of the molecule is Fc1ccc2c(c1)C(c1ccccc1)=NCc1nccn1-2. The number of imidazole rings is 1. The van der Waals surface area contributed by atoms with Crippen LogP contribution in [-0.2, 0) is 6.54 Å². The van der Waals surface area contributed by atoms with Crippen molar-refractivity contribution in [2.24, 2.45) is 4.99 Å². The zero-order valence-electron chi connectivity index (χ0n) is 11.2. The van der Waals surface area contributed by atoms with E-state index < -0.39 is 0 Å². The summed E-state index contributed by atoms with van der Waals surface area (Å²) >= 11 is 0. The molecule has 0 aliphatic carbocycles. The van der Waals surface area contributed by atoms with Crippen LogP contribution in [0.15, 0.2) is 65.9 Å². The average Bonchev–Trinajstić information content (AvgIpc) is 2.92. The van der Waals surface area contributed by atoms with E-state index in [0.717, 1.165) is 28.4 Å². The van der Waals surface area contributed by atoms with Crippen molar-refractivity contribution in [1.29, 1.82) is 0 Å². The van der Waals surface area contributed by atoms with E-state index in [4.69, 9.17) is 0 Å². The molecule has 0 bridgehead atoms. The monoisotopic (exact) mass is 277 g/mol. The maximum Gasteiger partial charge on any atom is 0.134 e. The molecule has 2 heterocycles. The zero-order valence-corrected chi connectivity index (χ0v) is 11.2. The van der Waals surface area contributed by atoms with Gasteiger partial charge in [0.15, 0.2) is 0 Å². The van der Waals surface area contributed by atoms with Gasteiger partial charge in [-0.1, -0.05) is 30.3 Å². The second kappa shape index (κ2) is 4.66. The molecule has 4 rings (SSSR count). The number of benzene rings is 2. The van der Waals surface area contributed by atoms with Crippen LogP contribution in [0.3, 0.4) is 0 Å². The fraction of sp³-hybridized carbons (Fsp3) is 0.0588. The Morgan fingerprint density at radius 2 is 1.90 bits per heavy atom. The highest BCUT2D eigenvalue weighted by Crippen LogP contribution is 2.25. The first kappa shape index (κ1) is 12.0. The Hall–Kier alpha value is -2.75. The summed E-state index contributed by atoms with van der Waals surface area (Å²) in [6.07, 6.45) is 3.63. The number of hydrogen-bond donors (Lipinski definition) is 0. The summed E-state index contributed by atoms with van der Waals surface area (Å²) in [7, 11) is 0. The van der Waals surface area contributed by atoms with Gasteiger partial charge in [-0.3, -0.25) is 4.99 Å². The molecular weight excluding hydrogens is 265 g/mol. The maximum absolute atomic E-state index is 13.7. The van der Waals surface area contributed by atoms with Crippen molar-refractivity contribution in [3.05, 3.63) is 83.7 Å². The lowest BCUT2D eigenvalue weighted by molar-refractivity contribution is 0.627. The number of fused-ring (bicyclic) bond motifs is 3. The highest BCUT2D eigenvalue weighted by molar-refractivity contribution is 6.15. The molecule has 1 aliphatic heterocycles. The van der Waals surface area contributed by atoms with Gasteiger partial charge < -0.3 is 4.57 Å². The van der Waals surface area contributed by atoms with Gasteiger partial charge in [-0.05, 0) is 18.2 Å². The third kappa shape index (κ3) is 1.96. The summed E-state index contributed by atoms with van der Waals surface area (Å²) in [5, 5.41) is 0. The summed E-state index contributed by atoms with van der Waals surface area (Å²) in [5.74, 6) is 0.592. The molecule has 1 aromatic heterocycles. The Bertz CT molecular complexity index is 834. The lowest BCUT2D eigenvalue weighted by Crippen LogP contribution is -2.07. The average molecular weight is 277 g/mol. The smallest absolute Gasteiger partial charge is 0.134 e. The number of nitrogens with zero attached hydrogens (tertiary/aromatic N) is 3. The van der Waals surface area contributed by atoms with Crippen molar-refractivity contribution in [1.82, 2.24) is 9.55 Å². The van der Waals surface area contributed by atoms with Crippen molar-refractivity contribution in [3.8, 4) is 5.69 Å². The first-order valence-corrected chi connectivity index (χ1v) is 6.75. The van der Waals surface area contributed by atoms with Gasteiger partial charge in [-0.15, -0.1) is 0 Å². The molecule has 0 amide bonds. The van der Waals surface area contributed by atoms with E-state index in [2.05, 4.69) is 9.98 Å². The van der Waals surface area contributed by atoms with Crippen molar-refractivity contribution in [3.63, 3.8) is 0 Å². The molecule has 0 saturated heterocycles. The van der Waals surface area contributed by atoms with Crippen LogP contribution >= 0.6 is 0 Å². The van der Waals surface area contributed by atoms with Gasteiger partial charge in [0.2, 0.25) is 0 Å². The molecule has 0 radical (unpaired) electrons. The number of rotatable bonds is 1. The fourth-order valence-corrected chi connectivity index (χ4v) is 2.66. The van der Waals surface area contributed by atoms with E-state index in [1.165, 1.54) is 12.1 Å².